The number of carboxylic acid groups (broad SMARTS) is 1. The van der Waals surface area contributed by atoms with Crippen molar-refractivity contribution in [3.05, 3.63) is 16.4 Å². The molecule has 1 N–H and O–H groups in total. The van der Waals surface area contributed by atoms with Crippen molar-refractivity contribution in [1.29, 1.82) is 0 Å². The Bertz CT molecular complexity index is 248. The number of aromatic carboxylic acids is 1. The fourth-order valence-electron chi connectivity index (χ4n) is 0.517. The number of carbonyl (C=O) groups is 1. The maximum Gasteiger partial charge on any atom is 0.379 e. The van der Waals surface area contributed by atoms with Gasteiger partial charge in [-0.1, -0.05) is 0 Å². The van der Waals surface area contributed by atoms with Crippen molar-refractivity contribution < 1.29 is 19.2 Å². The molecular weight excluding hydrogens is 202 g/mol. The van der Waals surface area contributed by atoms with Crippen LogP contribution in [0.1, 0.15) is 10.6 Å². The third kappa shape index (κ3) is 1.18. The summed E-state index contributed by atoms with van der Waals surface area (Å²) in [5.74, 6) is -1.14. The molecule has 0 unspecified atom stereocenters. The molecule has 4 nitrogen and oxygen atoms in total. The zero-order valence-electron chi connectivity index (χ0n) is 5.17. The topological polar surface area (TPSA) is 54.3 Å². The van der Waals surface area contributed by atoms with Crippen molar-refractivity contribution in [3.63, 3.8) is 0 Å². The van der Waals surface area contributed by atoms with Gasteiger partial charge in [0.1, 0.15) is 0 Å². The number of aromatic nitrogens is 1. The van der Waals surface area contributed by atoms with Gasteiger partial charge >= 0.3 is 5.97 Å². The molecule has 1 aromatic rings. The van der Waals surface area contributed by atoms with E-state index in [9.17, 15) is 4.79 Å². The number of carboxylic acids is 1. The van der Waals surface area contributed by atoms with Crippen LogP contribution in [0.4, 0.5) is 0 Å². The van der Waals surface area contributed by atoms with Crippen LogP contribution in [-0.2, 0) is 7.05 Å². The van der Waals surface area contributed by atoms with E-state index in [0.29, 0.717) is 4.60 Å². The molecule has 1 heterocycles. The van der Waals surface area contributed by atoms with E-state index >= 15 is 0 Å². The van der Waals surface area contributed by atoms with Gasteiger partial charge in [0, 0.05) is 15.9 Å². The monoisotopic (exact) mass is 206 g/mol. The van der Waals surface area contributed by atoms with Crippen LogP contribution in [0.3, 0.4) is 0 Å². The minimum Gasteiger partial charge on any atom is -0.475 e. The first kappa shape index (κ1) is 7.27. The lowest BCUT2D eigenvalue weighted by molar-refractivity contribution is -0.853. The molecule has 0 aliphatic rings. The van der Waals surface area contributed by atoms with E-state index in [4.69, 9.17) is 9.63 Å². The number of hydrogen-bond acceptors (Lipinski definition) is 2. The van der Waals surface area contributed by atoms with E-state index in [1.807, 2.05) is 0 Å². The second-order valence-electron chi connectivity index (χ2n) is 1.73. The van der Waals surface area contributed by atoms with Crippen molar-refractivity contribution in [2.75, 3.05) is 0 Å². The Hall–Kier alpha value is -0.840. The van der Waals surface area contributed by atoms with Crippen LogP contribution in [0.15, 0.2) is 15.2 Å². The minimum absolute atomic E-state index is 0.0747. The predicted molar refractivity (Wildman–Crippen MR) is 34.5 cm³/mol. The van der Waals surface area contributed by atoms with Crippen molar-refractivity contribution in [1.82, 2.24) is 0 Å². The van der Waals surface area contributed by atoms with E-state index in [2.05, 4.69) is 15.9 Å². The molecule has 1 rings (SSSR count). The predicted octanol–water partition coefficient (Wildman–Crippen LogP) is 0.565. The second-order valence-corrected chi connectivity index (χ2v) is 2.54. The molecule has 0 bridgehead atoms. The summed E-state index contributed by atoms with van der Waals surface area (Å²) >= 11 is 3.09. The highest BCUT2D eigenvalue weighted by molar-refractivity contribution is 9.10. The van der Waals surface area contributed by atoms with Gasteiger partial charge in [0.2, 0.25) is 0 Å². The summed E-state index contributed by atoms with van der Waals surface area (Å²) in [7, 11) is 1.61. The number of rotatable bonds is 1. The molecule has 0 aliphatic heterocycles. The fourth-order valence-corrected chi connectivity index (χ4v) is 0.798. The summed E-state index contributed by atoms with van der Waals surface area (Å²) < 4.78 is 6.67. The molecule has 0 atom stereocenters. The van der Waals surface area contributed by atoms with Crippen LogP contribution in [-0.4, -0.2) is 11.1 Å². The first-order valence-corrected chi connectivity index (χ1v) is 3.29. The SMILES string of the molecule is C[n+]1oc(C(=O)O)cc1Br. The molecular formula is C5H5BrNO3+. The van der Waals surface area contributed by atoms with Crippen LogP contribution in [0.5, 0.6) is 0 Å². The summed E-state index contributed by atoms with van der Waals surface area (Å²) in [5, 5.41) is 8.39. The maximum absolute atomic E-state index is 10.2. The third-order valence-electron chi connectivity index (χ3n) is 0.997. The highest BCUT2D eigenvalue weighted by atomic mass is 79.9. The largest absolute Gasteiger partial charge is 0.475 e. The molecule has 54 valence electrons. The van der Waals surface area contributed by atoms with Crippen LogP contribution in [0.2, 0.25) is 0 Å². The highest BCUT2D eigenvalue weighted by Crippen LogP contribution is 2.06. The average molecular weight is 207 g/mol. The minimum atomic E-state index is -1.07. The normalized spacial score (nSPS) is 9.80. The van der Waals surface area contributed by atoms with Gasteiger partial charge in [-0.3, -0.25) is 0 Å². The van der Waals surface area contributed by atoms with Gasteiger partial charge in [-0.15, -0.1) is 0 Å². The first-order valence-electron chi connectivity index (χ1n) is 2.50. The molecule has 0 saturated carbocycles. The second kappa shape index (κ2) is 2.42. The molecule has 0 amide bonds. The summed E-state index contributed by atoms with van der Waals surface area (Å²) in [6, 6.07) is 1.39. The van der Waals surface area contributed by atoms with E-state index in [-0.39, 0.29) is 5.76 Å². The van der Waals surface area contributed by atoms with E-state index < -0.39 is 5.97 Å². The van der Waals surface area contributed by atoms with Gasteiger partial charge in [0.25, 0.3) is 10.4 Å². The molecule has 0 radical (unpaired) electrons. The quantitative estimate of drug-likeness (QED) is 0.684. The van der Waals surface area contributed by atoms with Crippen molar-refractivity contribution in [3.8, 4) is 0 Å². The molecule has 5 heteroatoms. The van der Waals surface area contributed by atoms with Crippen molar-refractivity contribution in [2.45, 2.75) is 0 Å². The average Bonchev–Trinajstić information content (AvgIpc) is 2.13. The van der Waals surface area contributed by atoms with Crippen LogP contribution in [0.25, 0.3) is 0 Å². The Labute approximate surface area is 65.2 Å². The Kier molecular flexibility index (Phi) is 1.76. The molecule has 0 aliphatic carbocycles. The van der Waals surface area contributed by atoms with Crippen LogP contribution >= 0.6 is 15.9 Å². The van der Waals surface area contributed by atoms with Gasteiger partial charge in [-0.25, -0.2) is 9.32 Å². The zero-order chi connectivity index (χ0) is 7.72. The smallest absolute Gasteiger partial charge is 0.379 e. The van der Waals surface area contributed by atoms with Gasteiger partial charge in [-0.05, 0) is 4.74 Å². The Morgan fingerprint density at radius 2 is 2.50 bits per heavy atom. The Morgan fingerprint density at radius 1 is 1.90 bits per heavy atom. The van der Waals surface area contributed by atoms with E-state index in [1.165, 1.54) is 10.8 Å². The van der Waals surface area contributed by atoms with Crippen molar-refractivity contribution in [2.24, 2.45) is 7.05 Å². The molecule has 10 heavy (non-hydrogen) atoms. The summed E-state index contributed by atoms with van der Waals surface area (Å²) in [5.41, 5.74) is 0. The first-order chi connectivity index (χ1) is 4.61. The lowest BCUT2D eigenvalue weighted by Crippen LogP contribution is -2.25. The molecule has 0 fully saturated rings. The number of halogens is 1. The Morgan fingerprint density at radius 3 is 2.70 bits per heavy atom. The summed E-state index contributed by atoms with van der Waals surface area (Å²) in [6.07, 6.45) is 0. The standard InChI is InChI=1S/C5H4BrNO3/c1-7-4(6)2-3(10-7)5(8)9/h2H,1H3/p+1. The summed E-state index contributed by atoms with van der Waals surface area (Å²) in [4.78, 5) is 10.2. The Balaban J connectivity index is 3.10. The lowest BCUT2D eigenvalue weighted by Gasteiger charge is -1.75. The van der Waals surface area contributed by atoms with Gasteiger partial charge in [-0.2, -0.15) is 0 Å². The van der Waals surface area contributed by atoms with Gasteiger partial charge in [0.05, 0.1) is 6.07 Å². The highest BCUT2D eigenvalue weighted by Gasteiger charge is 2.17. The zero-order valence-corrected chi connectivity index (χ0v) is 6.75. The van der Waals surface area contributed by atoms with Crippen molar-refractivity contribution >= 4 is 21.9 Å². The number of nitrogens with zero attached hydrogens (tertiary/aromatic N) is 1. The van der Waals surface area contributed by atoms with E-state index in [0.717, 1.165) is 0 Å². The third-order valence-corrected chi connectivity index (χ3v) is 1.73. The van der Waals surface area contributed by atoms with Gasteiger partial charge < -0.3 is 5.11 Å². The lowest BCUT2D eigenvalue weighted by atomic mass is 10.5. The van der Waals surface area contributed by atoms with E-state index in [1.54, 1.807) is 7.05 Å². The summed E-state index contributed by atoms with van der Waals surface area (Å²) in [6.45, 7) is 0. The van der Waals surface area contributed by atoms with Gasteiger partial charge in [0.15, 0.2) is 7.05 Å². The number of aryl methyl sites for hydroxylation is 1. The molecule has 0 spiro atoms. The number of hydrogen-bond donors (Lipinski definition) is 1. The molecule has 1 aromatic heterocycles. The van der Waals surface area contributed by atoms with Crippen LogP contribution < -0.4 is 4.74 Å². The van der Waals surface area contributed by atoms with Crippen LogP contribution in [0, 0.1) is 0 Å². The molecule has 0 aromatic carbocycles. The fraction of sp³-hybridized carbons (Fsp3) is 0.200. The molecule has 0 saturated heterocycles. The maximum atomic E-state index is 10.2.